The van der Waals surface area contributed by atoms with Crippen molar-refractivity contribution < 1.29 is 8.78 Å². The minimum Gasteiger partial charge on any atom is -0.256 e. The summed E-state index contributed by atoms with van der Waals surface area (Å²) in [5.74, 6) is -1.17. The van der Waals surface area contributed by atoms with Crippen LogP contribution in [-0.2, 0) is 12.8 Å². The van der Waals surface area contributed by atoms with Crippen molar-refractivity contribution in [2.45, 2.75) is 26.2 Å². The molecule has 0 fully saturated rings. The molecule has 0 N–H and O–H groups in total. The van der Waals surface area contributed by atoms with Gasteiger partial charge in [-0.05, 0) is 64.9 Å². The maximum absolute atomic E-state index is 13.9. The number of fused-ring (bicyclic) bond motifs is 1. The van der Waals surface area contributed by atoms with Gasteiger partial charge in [0.2, 0.25) is 0 Å². The highest BCUT2D eigenvalue weighted by molar-refractivity contribution is 5.92. The Bertz CT molecular complexity index is 1210. The lowest BCUT2D eigenvalue weighted by Crippen LogP contribution is -1.96. The van der Waals surface area contributed by atoms with E-state index in [0.29, 0.717) is 5.56 Å². The Balaban J connectivity index is 1.91. The van der Waals surface area contributed by atoms with Crippen LogP contribution >= 0.6 is 0 Å². The number of allylic oxidation sites excluding steroid dienone is 1. The molecule has 3 heteroatoms. The zero-order valence-electron chi connectivity index (χ0n) is 17.0. The van der Waals surface area contributed by atoms with Crippen molar-refractivity contribution in [3.63, 3.8) is 0 Å². The topological polar surface area (TPSA) is 12.9 Å². The summed E-state index contributed by atoms with van der Waals surface area (Å²) in [6.45, 7) is 5.92. The second-order valence-electron chi connectivity index (χ2n) is 7.48. The molecule has 0 unspecified atom stereocenters. The highest BCUT2D eigenvalue weighted by Crippen LogP contribution is 2.33. The third-order valence-corrected chi connectivity index (χ3v) is 5.29. The molecule has 0 saturated heterocycles. The molecule has 4 aromatic rings. The monoisotopic (exact) mass is 399 g/mol. The summed E-state index contributed by atoms with van der Waals surface area (Å²) >= 11 is 0. The van der Waals surface area contributed by atoms with Gasteiger partial charge in [-0.25, -0.2) is 8.78 Å². The first kappa shape index (κ1) is 20.0. The molecule has 0 saturated carbocycles. The molecule has 0 aliphatic carbocycles. The fourth-order valence-corrected chi connectivity index (χ4v) is 3.95. The molecule has 4 rings (SSSR count). The fourth-order valence-electron chi connectivity index (χ4n) is 3.95. The third-order valence-electron chi connectivity index (χ3n) is 5.29. The largest absolute Gasteiger partial charge is 0.256 e. The van der Waals surface area contributed by atoms with Gasteiger partial charge in [-0.3, -0.25) is 4.98 Å². The Hall–Kier alpha value is -3.33. The van der Waals surface area contributed by atoms with E-state index < -0.39 is 11.6 Å². The van der Waals surface area contributed by atoms with Gasteiger partial charge in [-0.15, -0.1) is 6.58 Å². The predicted molar refractivity (Wildman–Crippen MR) is 120 cm³/mol. The van der Waals surface area contributed by atoms with Crippen LogP contribution in [-0.4, -0.2) is 4.98 Å². The molecule has 1 nitrogen and oxygen atoms in total. The van der Waals surface area contributed by atoms with E-state index in [-0.39, 0.29) is 0 Å². The van der Waals surface area contributed by atoms with Crippen LogP contribution in [0.25, 0.3) is 33.2 Å². The maximum Gasteiger partial charge on any atom is 0.126 e. The number of aryl methyl sites for hydroxylation is 1. The molecule has 0 radical (unpaired) electrons. The van der Waals surface area contributed by atoms with E-state index in [4.69, 9.17) is 0 Å². The molecule has 30 heavy (non-hydrogen) atoms. The molecule has 0 spiro atoms. The molecule has 0 bridgehead atoms. The van der Waals surface area contributed by atoms with Gasteiger partial charge in [-0.2, -0.15) is 0 Å². The van der Waals surface area contributed by atoms with Gasteiger partial charge >= 0.3 is 0 Å². The van der Waals surface area contributed by atoms with Crippen molar-refractivity contribution in [3.8, 4) is 22.3 Å². The number of halogens is 2. The van der Waals surface area contributed by atoms with E-state index in [0.717, 1.165) is 58.5 Å². The van der Waals surface area contributed by atoms with E-state index in [1.165, 1.54) is 17.7 Å². The predicted octanol–water partition coefficient (Wildman–Crippen LogP) is 7.53. The Morgan fingerprint density at radius 3 is 2.40 bits per heavy atom. The smallest absolute Gasteiger partial charge is 0.126 e. The molecule has 0 aliphatic heterocycles. The molecule has 0 atom stereocenters. The van der Waals surface area contributed by atoms with Crippen LogP contribution in [0.15, 0.2) is 79.5 Å². The van der Waals surface area contributed by atoms with Crippen LogP contribution in [0.4, 0.5) is 8.78 Å². The Kier molecular flexibility index (Phi) is 5.71. The number of hydrogen-bond donors (Lipinski definition) is 0. The van der Waals surface area contributed by atoms with E-state index in [1.807, 2.05) is 12.1 Å². The number of hydrogen-bond acceptors (Lipinski definition) is 1. The van der Waals surface area contributed by atoms with E-state index in [9.17, 15) is 8.78 Å². The van der Waals surface area contributed by atoms with Crippen LogP contribution < -0.4 is 0 Å². The molecule has 3 aromatic carbocycles. The Morgan fingerprint density at radius 1 is 0.900 bits per heavy atom. The summed E-state index contributed by atoms with van der Waals surface area (Å²) in [6, 6.07) is 18.3. The second kappa shape index (κ2) is 8.58. The maximum atomic E-state index is 13.9. The Morgan fingerprint density at radius 2 is 1.67 bits per heavy atom. The van der Waals surface area contributed by atoms with Gasteiger partial charge in [0.05, 0.1) is 5.52 Å². The van der Waals surface area contributed by atoms with Gasteiger partial charge in [0.15, 0.2) is 0 Å². The summed E-state index contributed by atoms with van der Waals surface area (Å²) in [5, 5.41) is 1.02. The first-order valence-corrected chi connectivity index (χ1v) is 10.2. The molecular formula is C27H23F2N. The fraction of sp³-hybridized carbons (Fsp3) is 0.148. The molecule has 150 valence electrons. The van der Waals surface area contributed by atoms with Crippen LogP contribution in [0, 0.1) is 11.6 Å². The highest BCUT2D eigenvalue weighted by atomic mass is 19.1. The van der Waals surface area contributed by atoms with Crippen LogP contribution in [0.3, 0.4) is 0 Å². The zero-order chi connectivity index (χ0) is 21.1. The van der Waals surface area contributed by atoms with Gasteiger partial charge in [-0.1, -0.05) is 49.8 Å². The lowest BCUT2D eigenvalue weighted by Gasteiger charge is -2.14. The number of rotatable bonds is 6. The molecule has 1 aromatic heterocycles. The number of benzene rings is 3. The normalized spacial score (nSPS) is 11.0. The highest BCUT2D eigenvalue weighted by Gasteiger charge is 2.13. The molecule has 1 heterocycles. The lowest BCUT2D eigenvalue weighted by molar-refractivity contribution is 0.584. The van der Waals surface area contributed by atoms with Gasteiger partial charge in [0, 0.05) is 23.2 Å². The van der Waals surface area contributed by atoms with Crippen LogP contribution in [0.5, 0.6) is 0 Å². The van der Waals surface area contributed by atoms with Crippen molar-refractivity contribution in [2.75, 3.05) is 0 Å². The van der Waals surface area contributed by atoms with Gasteiger partial charge in [0.25, 0.3) is 0 Å². The van der Waals surface area contributed by atoms with Crippen LogP contribution in [0.2, 0.25) is 0 Å². The standard InChI is InChI=1S/C27H23F2N/c1-3-6-18-8-5-9-19(12-18)20-10-11-27-25(15-20)24(7-4-2)26(17-30-27)21-13-22(28)16-23(29)14-21/h3,5,8-17H,1,4,6-7H2,2H3. The van der Waals surface area contributed by atoms with E-state index >= 15 is 0 Å². The van der Waals surface area contributed by atoms with Crippen molar-refractivity contribution in [3.05, 3.63) is 102 Å². The minimum absolute atomic E-state index is 0.517. The summed E-state index contributed by atoms with van der Waals surface area (Å²) in [4.78, 5) is 4.58. The average molecular weight is 399 g/mol. The number of nitrogens with zero attached hydrogens (tertiary/aromatic N) is 1. The second-order valence-corrected chi connectivity index (χ2v) is 7.48. The first-order chi connectivity index (χ1) is 14.6. The Labute approximate surface area is 175 Å². The summed E-state index contributed by atoms with van der Waals surface area (Å²) in [6.07, 6.45) is 6.16. The van der Waals surface area contributed by atoms with Crippen molar-refractivity contribution in [1.29, 1.82) is 0 Å². The van der Waals surface area contributed by atoms with Gasteiger partial charge < -0.3 is 0 Å². The molecule has 0 aliphatic rings. The zero-order valence-corrected chi connectivity index (χ0v) is 17.0. The summed E-state index contributed by atoms with van der Waals surface area (Å²) in [5.41, 5.74) is 6.67. The average Bonchev–Trinajstić information content (AvgIpc) is 2.73. The SMILES string of the molecule is C=CCc1cccc(-c2ccc3ncc(-c4cc(F)cc(F)c4)c(CCC)c3c2)c1. The van der Waals surface area contributed by atoms with Crippen LogP contribution in [0.1, 0.15) is 24.5 Å². The summed E-state index contributed by atoms with van der Waals surface area (Å²) in [7, 11) is 0. The molecular weight excluding hydrogens is 376 g/mol. The number of aromatic nitrogens is 1. The first-order valence-electron chi connectivity index (χ1n) is 10.2. The van der Waals surface area contributed by atoms with E-state index in [1.54, 1.807) is 6.20 Å². The molecule has 0 amide bonds. The van der Waals surface area contributed by atoms with Crippen molar-refractivity contribution in [2.24, 2.45) is 0 Å². The lowest BCUT2D eigenvalue weighted by atomic mass is 9.92. The summed E-state index contributed by atoms with van der Waals surface area (Å²) < 4.78 is 27.7. The van der Waals surface area contributed by atoms with Crippen molar-refractivity contribution in [1.82, 2.24) is 4.98 Å². The minimum atomic E-state index is -0.583. The third kappa shape index (κ3) is 4.02. The number of pyridine rings is 1. The van der Waals surface area contributed by atoms with Gasteiger partial charge in [0.1, 0.15) is 11.6 Å². The van der Waals surface area contributed by atoms with Crippen molar-refractivity contribution >= 4 is 10.9 Å². The quantitative estimate of drug-likeness (QED) is 0.305. The van der Waals surface area contributed by atoms with E-state index in [2.05, 4.69) is 54.9 Å².